The minimum Gasteiger partial charge on any atom is -0.354 e. The first-order chi connectivity index (χ1) is 8.29. The Morgan fingerprint density at radius 2 is 2.18 bits per heavy atom. The predicted molar refractivity (Wildman–Crippen MR) is 67.7 cm³/mol. The van der Waals surface area contributed by atoms with Crippen LogP contribution in [-0.4, -0.2) is 67.6 Å². The molecule has 0 bridgehead atoms. The first-order valence-electron chi connectivity index (χ1n) is 6.73. The number of fused-ring (bicyclic) bond motifs is 1. The Labute approximate surface area is 103 Å². The van der Waals surface area contributed by atoms with E-state index < -0.39 is 0 Å². The molecule has 1 atom stereocenters. The predicted octanol–water partition coefficient (Wildman–Crippen LogP) is -0.769. The Hall–Kier alpha value is -0.650. The minimum absolute atomic E-state index is 0.111. The number of nitrogens with one attached hydrogen (secondary N) is 1. The van der Waals surface area contributed by atoms with Gasteiger partial charge in [0, 0.05) is 38.8 Å². The number of carbonyl (C=O) groups excluding carboxylic acids is 1. The van der Waals surface area contributed by atoms with Crippen molar-refractivity contribution in [3.63, 3.8) is 0 Å². The van der Waals surface area contributed by atoms with Crippen LogP contribution in [0.5, 0.6) is 0 Å². The average Bonchev–Trinajstić information content (AvgIpc) is 2.36. The summed E-state index contributed by atoms with van der Waals surface area (Å²) in [7, 11) is 0. The molecular weight excluding hydrogens is 216 g/mol. The number of piperazine rings is 1. The van der Waals surface area contributed by atoms with Crippen LogP contribution < -0.4 is 11.1 Å². The SMILES string of the molecule is NCCNC(=O)CN1CCN2CCCCC2C1. The molecule has 0 spiro atoms. The van der Waals surface area contributed by atoms with Gasteiger partial charge in [0.25, 0.3) is 0 Å². The number of nitrogens with zero attached hydrogens (tertiary/aromatic N) is 2. The van der Waals surface area contributed by atoms with Gasteiger partial charge >= 0.3 is 0 Å². The summed E-state index contributed by atoms with van der Waals surface area (Å²) in [5.74, 6) is 0.111. The molecule has 2 aliphatic rings. The van der Waals surface area contributed by atoms with Crippen molar-refractivity contribution in [2.75, 3.05) is 45.8 Å². The smallest absolute Gasteiger partial charge is 0.234 e. The molecule has 5 nitrogen and oxygen atoms in total. The highest BCUT2D eigenvalue weighted by atomic mass is 16.2. The molecule has 1 amide bonds. The van der Waals surface area contributed by atoms with Crippen LogP contribution in [-0.2, 0) is 4.79 Å². The molecule has 0 saturated carbocycles. The summed E-state index contributed by atoms with van der Waals surface area (Å²) in [6.45, 7) is 6.07. The van der Waals surface area contributed by atoms with Crippen LogP contribution in [0, 0.1) is 0 Å². The van der Waals surface area contributed by atoms with Crippen molar-refractivity contribution in [3.8, 4) is 0 Å². The molecule has 98 valence electrons. The number of piperidine rings is 1. The molecule has 2 rings (SSSR count). The van der Waals surface area contributed by atoms with Gasteiger partial charge in [0.05, 0.1) is 6.54 Å². The van der Waals surface area contributed by atoms with Gasteiger partial charge in [0.15, 0.2) is 0 Å². The molecule has 2 saturated heterocycles. The number of hydrogen-bond acceptors (Lipinski definition) is 4. The molecule has 1 unspecified atom stereocenters. The molecule has 5 heteroatoms. The number of nitrogens with two attached hydrogens (primary N) is 1. The second kappa shape index (κ2) is 6.33. The van der Waals surface area contributed by atoms with Gasteiger partial charge in [0.2, 0.25) is 5.91 Å². The lowest BCUT2D eigenvalue weighted by atomic mass is 9.99. The Kier molecular flexibility index (Phi) is 4.76. The summed E-state index contributed by atoms with van der Waals surface area (Å²) in [5, 5.41) is 2.83. The van der Waals surface area contributed by atoms with E-state index in [1.54, 1.807) is 0 Å². The molecule has 3 N–H and O–H groups in total. The van der Waals surface area contributed by atoms with Crippen LogP contribution in [0.2, 0.25) is 0 Å². The summed E-state index contributed by atoms with van der Waals surface area (Å²) >= 11 is 0. The summed E-state index contributed by atoms with van der Waals surface area (Å²) < 4.78 is 0. The molecule has 0 aromatic rings. The number of rotatable bonds is 4. The second-order valence-corrected chi connectivity index (χ2v) is 5.06. The van der Waals surface area contributed by atoms with E-state index in [4.69, 9.17) is 5.73 Å². The van der Waals surface area contributed by atoms with Crippen LogP contribution >= 0.6 is 0 Å². The topological polar surface area (TPSA) is 61.6 Å². The van der Waals surface area contributed by atoms with Gasteiger partial charge in [0.1, 0.15) is 0 Å². The van der Waals surface area contributed by atoms with Gasteiger partial charge in [-0.25, -0.2) is 0 Å². The van der Waals surface area contributed by atoms with Crippen molar-refractivity contribution in [2.45, 2.75) is 25.3 Å². The lowest BCUT2D eigenvalue weighted by Crippen LogP contribution is -2.56. The third kappa shape index (κ3) is 3.66. The summed E-state index contributed by atoms with van der Waals surface area (Å²) in [4.78, 5) is 16.5. The van der Waals surface area contributed by atoms with Crippen LogP contribution in [0.1, 0.15) is 19.3 Å². The fourth-order valence-corrected chi connectivity index (χ4v) is 2.83. The first-order valence-corrected chi connectivity index (χ1v) is 6.73. The molecular formula is C12H24N4O. The summed E-state index contributed by atoms with van der Waals surface area (Å²) in [6, 6.07) is 0.680. The normalized spacial score (nSPS) is 26.5. The fraction of sp³-hybridized carbons (Fsp3) is 0.917. The zero-order valence-corrected chi connectivity index (χ0v) is 10.5. The molecule has 0 aromatic heterocycles. The van der Waals surface area contributed by atoms with E-state index in [2.05, 4.69) is 15.1 Å². The van der Waals surface area contributed by atoms with Crippen molar-refractivity contribution in [2.24, 2.45) is 5.73 Å². The fourth-order valence-electron chi connectivity index (χ4n) is 2.83. The van der Waals surface area contributed by atoms with Crippen molar-refractivity contribution < 1.29 is 4.79 Å². The van der Waals surface area contributed by atoms with Gasteiger partial charge in [-0.1, -0.05) is 6.42 Å². The summed E-state index contributed by atoms with van der Waals surface area (Å²) in [6.07, 6.45) is 3.97. The Bertz CT molecular complexity index is 259. The van der Waals surface area contributed by atoms with E-state index in [-0.39, 0.29) is 5.91 Å². The maximum Gasteiger partial charge on any atom is 0.234 e. The highest BCUT2D eigenvalue weighted by Crippen LogP contribution is 2.20. The highest BCUT2D eigenvalue weighted by molar-refractivity contribution is 5.78. The Morgan fingerprint density at radius 3 is 3.00 bits per heavy atom. The van der Waals surface area contributed by atoms with E-state index in [1.807, 2.05) is 0 Å². The molecule has 2 aliphatic heterocycles. The second-order valence-electron chi connectivity index (χ2n) is 5.06. The standard InChI is InChI=1S/C12H24N4O/c13-4-5-14-12(17)10-15-7-8-16-6-2-1-3-11(16)9-15/h11H,1-10,13H2,(H,14,17). The third-order valence-electron chi connectivity index (χ3n) is 3.76. The number of amides is 1. The maximum absolute atomic E-state index is 11.6. The van der Waals surface area contributed by atoms with Crippen LogP contribution in [0.4, 0.5) is 0 Å². The van der Waals surface area contributed by atoms with Crippen molar-refractivity contribution >= 4 is 5.91 Å². The zero-order valence-electron chi connectivity index (χ0n) is 10.5. The van der Waals surface area contributed by atoms with Crippen LogP contribution in [0.15, 0.2) is 0 Å². The quantitative estimate of drug-likeness (QED) is 0.677. The monoisotopic (exact) mass is 240 g/mol. The van der Waals surface area contributed by atoms with Crippen LogP contribution in [0.25, 0.3) is 0 Å². The first kappa shape index (κ1) is 12.8. The van der Waals surface area contributed by atoms with Gasteiger partial charge in [-0.05, 0) is 19.4 Å². The summed E-state index contributed by atoms with van der Waals surface area (Å²) in [5.41, 5.74) is 5.36. The van der Waals surface area contributed by atoms with E-state index in [9.17, 15) is 4.79 Å². The van der Waals surface area contributed by atoms with E-state index >= 15 is 0 Å². The zero-order chi connectivity index (χ0) is 12.1. The molecule has 17 heavy (non-hydrogen) atoms. The highest BCUT2D eigenvalue weighted by Gasteiger charge is 2.29. The van der Waals surface area contributed by atoms with Gasteiger partial charge in [-0.3, -0.25) is 14.6 Å². The van der Waals surface area contributed by atoms with Gasteiger partial charge < -0.3 is 11.1 Å². The van der Waals surface area contributed by atoms with E-state index in [0.717, 1.165) is 19.6 Å². The maximum atomic E-state index is 11.6. The molecule has 0 radical (unpaired) electrons. The van der Waals surface area contributed by atoms with Gasteiger partial charge in [-0.15, -0.1) is 0 Å². The number of carbonyl (C=O) groups is 1. The lowest BCUT2D eigenvalue weighted by Gasteiger charge is -2.43. The largest absolute Gasteiger partial charge is 0.354 e. The van der Waals surface area contributed by atoms with Crippen molar-refractivity contribution in [1.29, 1.82) is 0 Å². The van der Waals surface area contributed by atoms with Gasteiger partial charge in [-0.2, -0.15) is 0 Å². The van der Waals surface area contributed by atoms with E-state index in [0.29, 0.717) is 25.7 Å². The van der Waals surface area contributed by atoms with Crippen molar-refractivity contribution in [1.82, 2.24) is 15.1 Å². The third-order valence-corrected chi connectivity index (χ3v) is 3.76. The average molecular weight is 240 g/mol. The Morgan fingerprint density at radius 1 is 1.29 bits per heavy atom. The number of hydrogen-bond donors (Lipinski definition) is 2. The molecule has 2 heterocycles. The minimum atomic E-state index is 0.111. The lowest BCUT2D eigenvalue weighted by molar-refractivity contribution is -0.123. The van der Waals surface area contributed by atoms with Crippen molar-refractivity contribution in [3.05, 3.63) is 0 Å². The van der Waals surface area contributed by atoms with Crippen LogP contribution in [0.3, 0.4) is 0 Å². The Balaban J connectivity index is 1.73. The molecule has 2 fully saturated rings. The molecule has 0 aliphatic carbocycles. The van der Waals surface area contributed by atoms with E-state index in [1.165, 1.54) is 25.8 Å². The molecule has 0 aromatic carbocycles.